The first-order valence-corrected chi connectivity index (χ1v) is 7.92. The van der Waals surface area contributed by atoms with Crippen molar-refractivity contribution >= 4 is 17.4 Å². The van der Waals surface area contributed by atoms with Crippen LogP contribution in [0.5, 0.6) is 5.75 Å². The molecule has 0 radical (unpaired) electrons. The molecule has 2 heterocycles. The van der Waals surface area contributed by atoms with E-state index in [2.05, 4.69) is 15.3 Å². The zero-order chi connectivity index (χ0) is 16.9. The van der Waals surface area contributed by atoms with Gasteiger partial charge in [-0.15, -0.1) is 0 Å². The van der Waals surface area contributed by atoms with Crippen LogP contribution in [0, 0.1) is 0 Å². The van der Waals surface area contributed by atoms with Crippen LogP contribution in [-0.2, 0) is 11.2 Å². The van der Waals surface area contributed by atoms with Gasteiger partial charge in [0.15, 0.2) is 0 Å². The van der Waals surface area contributed by atoms with Crippen molar-refractivity contribution in [3.05, 3.63) is 42.4 Å². The Bertz CT molecular complexity index is 722. The zero-order valence-electron chi connectivity index (χ0n) is 13.6. The molecular formula is C17H21N5O2. The van der Waals surface area contributed by atoms with Crippen LogP contribution in [0.1, 0.15) is 12.1 Å². The lowest BCUT2D eigenvalue weighted by Crippen LogP contribution is -2.28. The van der Waals surface area contributed by atoms with Crippen LogP contribution in [0.3, 0.4) is 0 Å². The zero-order valence-corrected chi connectivity index (χ0v) is 13.6. The Kier molecular flexibility index (Phi) is 4.90. The highest BCUT2D eigenvalue weighted by molar-refractivity contribution is 5.98. The highest BCUT2D eigenvalue weighted by Crippen LogP contribution is 2.31. The van der Waals surface area contributed by atoms with Crippen molar-refractivity contribution in [3.8, 4) is 5.75 Å². The van der Waals surface area contributed by atoms with Gasteiger partial charge in [-0.2, -0.15) is 0 Å². The molecule has 1 aromatic carbocycles. The minimum absolute atomic E-state index is 0.0111. The molecule has 1 aromatic heterocycles. The average molecular weight is 327 g/mol. The SMILES string of the molecule is COc1ccccc1N1C[C@@H](Nc2cc(CCN)ncn2)CC1=O. The average Bonchev–Trinajstić information content (AvgIpc) is 2.95. The maximum Gasteiger partial charge on any atom is 0.229 e. The van der Waals surface area contributed by atoms with E-state index in [0.29, 0.717) is 37.5 Å². The molecule has 24 heavy (non-hydrogen) atoms. The number of nitrogens with zero attached hydrogens (tertiary/aromatic N) is 3. The van der Waals surface area contributed by atoms with Crippen LogP contribution in [0.2, 0.25) is 0 Å². The molecule has 1 aliphatic rings. The Labute approximate surface area is 140 Å². The second-order valence-electron chi connectivity index (χ2n) is 5.65. The fraction of sp³-hybridized carbons (Fsp3) is 0.353. The molecule has 0 saturated carbocycles. The van der Waals surface area contributed by atoms with E-state index in [0.717, 1.165) is 11.4 Å². The summed E-state index contributed by atoms with van der Waals surface area (Å²) in [6, 6.07) is 9.40. The lowest BCUT2D eigenvalue weighted by molar-refractivity contribution is -0.117. The predicted molar refractivity (Wildman–Crippen MR) is 92.2 cm³/mol. The van der Waals surface area contributed by atoms with Gasteiger partial charge in [-0.1, -0.05) is 12.1 Å². The standard InChI is InChI=1S/C17H21N5O2/c1-24-15-5-3-2-4-14(15)22-10-13(9-17(22)23)21-16-8-12(6-7-18)19-11-20-16/h2-5,8,11,13H,6-7,9-10,18H2,1H3,(H,19,20,21)/t13-/m0/s1. The molecule has 1 atom stereocenters. The highest BCUT2D eigenvalue weighted by atomic mass is 16.5. The second kappa shape index (κ2) is 7.27. The summed E-state index contributed by atoms with van der Waals surface area (Å²) in [5, 5.41) is 3.31. The molecule has 7 nitrogen and oxygen atoms in total. The topological polar surface area (TPSA) is 93.4 Å². The van der Waals surface area contributed by atoms with E-state index in [4.69, 9.17) is 10.5 Å². The molecular weight excluding hydrogens is 306 g/mol. The smallest absolute Gasteiger partial charge is 0.229 e. The molecule has 2 aromatic rings. The number of hydrogen-bond acceptors (Lipinski definition) is 6. The van der Waals surface area contributed by atoms with Crippen LogP contribution in [-0.4, -0.2) is 42.1 Å². The number of benzene rings is 1. The first-order chi connectivity index (χ1) is 11.7. The molecule has 3 N–H and O–H groups in total. The Morgan fingerprint density at radius 3 is 3.00 bits per heavy atom. The number of aromatic nitrogens is 2. The molecule has 1 aliphatic heterocycles. The third kappa shape index (κ3) is 3.46. The fourth-order valence-corrected chi connectivity index (χ4v) is 2.86. The number of ether oxygens (including phenoxy) is 1. The number of carbonyl (C=O) groups is 1. The molecule has 0 spiro atoms. The normalized spacial score (nSPS) is 17.2. The molecule has 3 rings (SSSR count). The number of anilines is 2. The van der Waals surface area contributed by atoms with Crippen LogP contribution in [0.25, 0.3) is 0 Å². The van der Waals surface area contributed by atoms with Gasteiger partial charge in [-0.3, -0.25) is 4.79 Å². The van der Waals surface area contributed by atoms with Crippen molar-refractivity contribution < 1.29 is 9.53 Å². The summed E-state index contributed by atoms with van der Waals surface area (Å²) in [5.74, 6) is 1.47. The Morgan fingerprint density at radius 2 is 2.21 bits per heavy atom. The van der Waals surface area contributed by atoms with Gasteiger partial charge in [0.2, 0.25) is 5.91 Å². The van der Waals surface area contributed by atoms with Crippen LogP contribution in [0.15, 0.2) is 36.7 Å². The predicted octanol–water partition coefficient (Wildman–Crippen LogP) is 1.20. The van der Waals surface area contributed by atoms with Gasteiger partial charge < -0.3 is 20.7 Å². The van der Waals surface area contributed by atoms with Gasteiger partial charge in [0, 0.05) is 31.1 Å². The van der Waals surface area contributed by atoms with Crippen molar-refractivity contribution in [1.29, 1.82) is 0 Å². The Morgan fingerprint density at radius 1 is 1.38 bits per heavy atom. The molecule has 7 heteroatoms. The van der Waals surface area contributed by atoms with Crippen LogP contribution < -0.4 is 20.7 Å². The number of carbonyl (C=O) groups excluding carboxylic acids is 1. The lowest BCUT2D eigenvalue weighted by Gasteiger charge is -2.20. The summed E-state index contributed by atoms with van der Waals surface area (Å²) >= 11 is 0. The van der Waals surface area contributed by atoms with Gasteiger partial charge >= 0.3 is 0 Å². The summed E-state index contributed by atoms with van der Waals surface area (Å²) in [7, 11) is 1.61. The van der Waals surface area contributed by atoms with E-state index in [-0.39, 0.29) is 11.9 Å². The van der Waals surface area contributed by atoms with E-state index < -0.39 is 0 Å². The number of para-hydroxylation sites is 2. The molecule has 0 aliphatic carbocycles. The summed E-state index contributed by atoms with van der Waals surface area (Å²) in [5.41, 5.74) is 7.24. The molecule has 0 bridgehead atoms. The lowest BCUT2D eigenvalue weighted by atomic mass is 10.2. The maximum absolute atomic E-state index is 12.4. The van der Waals surface area contributed by atoms with Gasteiger partial charge in [0.25, 0.3) is 0 Å². The molecule has 126 valence electrons. The molecule has 1 fully saturated rings. The molecule has 0 unspecified atom stereocenters. The molecule has 1 amide bonds. The monoisotopic (exact) mass is 327 g/mol. The van der Waals surface area contributed by atoms with E-state index in [1.165, 1.54) is 6.33 Å². The number of amides is 1. The highest BCUT2D eigenvalue weighted by Gasteiger charge is 2.32. The number of nitrogens with one attached hydrogen (secondary N) is 1. The maximum atomic E-state index is 12.4. The largest absolute Gasteiger partial charge is 0.495 e. The number of rotatable bonds is 6. The Balaban J connectivity index is 1.72. The van der Waals surface area contributed by atoms with Crippen molar-refractivity contribution in [1.82, 2.24) is 9.97 Å². The first kappa shape index (κ1) is 16.2. The summed E-state index contributed by atoms with van der Waals surface area (Å²) in [6.07, 6.45) is 2.63. The van der Waals surface area contributed by atoms with Gasteiger partial charge in [-0.05, 0) is 18.7 Å². The summed E-state index contributed by atoms with van der Waals surface area (Å²) in [6.45, 7) is 1.11. The molecule has 1 saturated heterocycles. The fourth-order valence-electron chi connectivity index (χ4n) is 2.86. The van der Waals surface area contributed by atoms with Crippen molar-refractivity contribution in [2.24, 2.45) is 5.73 Å². The van der Waals surface area contributed by atoms with E-state index >= 15 is 0 Å². The van der Waals surface area contributed by atoms with Gasteiger partial charge in [0.1, 0.15) is 17.9 Å². The quantitative estimate of drug-likeness (QED) is 0.828. The number of hydrogen-bond donors (Lipinski definition) is 2. The number of nitrogens with two attached hydrogens (primary N) is 1. The van der Waals surface area contributed by atoms with E-state index in [9.17, 15) is 4.79 Å². The van der Waals surface area contributed by atoms with Crippen LogP contribution in [0.4, 0.5) is 11.5 Å². The summed E-state index contributed by atoms with van der Waals surface area (Å²) < 4.78 is 5.36. The summed E-state index contributed by atoms with van der Waals surface area (Å²) in [4.78, 5) is 22.5. The van der Waals surface area contributed by atoms with Crippen molar-refractivity contribution in [2.75, 3.05) is 30.4 Å². The van der Waals surface area contributed by atoms with E-state index in [1.54, 1.807) is 12.0 Å². The first-order valence-electron chi connectivity index (χ1n) is 7.92. The third-order valence-electron chi connectivity index (χ3n) is 3.98. The van der Waals surface area contributed by atoms with E-state index in [1.807, 2.05) is 30.3 Å². The van der Waals surface area contributed by atoms with Crippen molar-refractivity contribution in [2.45, 2.75) is 18.9 Å². The Hall–Kier alpha value is -2.67. The van der Waals surface area contributed by atoms with Crippen molar-refractivity contribution in [3.63, 3.8) is 0 Å². The minimum atomic E-state index is -0.0111. The van der Waals surface area contributed by atoms with Gasteiger partial charge in [0.05, 0.1) is 18.8 Å². The third-order valence-corrected chi connectivity index (χ3v) is 3.98. The minimum Gasteiger partial charge on any atom is -0.495 e. The van der Waals surface area contributed by atoms with Gasteiger partial charge in [-0.25, -0.2) is 9.97 Å². The second-order valence-corrected chi connectivity index (χ2v) is 5.65. The van der Waals surface area contributed by atoms with Crippen LogP contribution >= 0.6 is 0 Å². The number of methoxy groups -OCH3 is 1.